The van der Waals surface area contributed by atoms with Crippen LogP contribution >= 0.6 is 23.5 Å². The number of ether oxygens (including phenoxy) is 1. The molecule has 3 aromatic carbocycles. The smallest absolute Gasteiger partial charge is 0.387 e. The third-order valence-corrected chi connectivity index (χ3v) is 11.4. The van der Waals surface area contributed by atoms with E-state index in [-0.39, 0.29) is 22.7 Å². The third-order valence-electron chi connectivity index (χ3n) is 7.40. The fourth-order valence-corrected chi connectivity index (χ4v) is 8.36. The number of rotatable bonds is 12. The minimum atomic E-state index is -5.92. The van der Waals surface area contributed by atoms with Crippen LogP contribution in [-0.4, -0.2) is 63.8 Å². The zero-order valence-corrected chi connectivity index (χ0v) is 28.4. The number of fused-ring (bicyclic) bond motifs is 2. The first-order valence-corrected chi connectivity index (χ1v) is 19.0. The molecule has 4 unspecified atom stereocenters. The van der Waals surface area contributed by atoms with Crippen molar-refractivity contribution in [2.45, 2.75) is 30.7 Å². The minimum Gasteiger partial charge on any atom is -0.387 e. The molecule has 7 atom stereocenters. The van der Waals surface area contributed by atoms with E-state index in [2.05, 4.69) is 27.7 Å². The lowest BCUT2D eigenvalue weighted by Gasteiger charge is -2.20. The molecule has 1 aliphatic heterocycles. The molecule has 5 N–H and O–H groups in total. The molecule has 1 aliphatic rings. The van der Waals surface area contributed by atoms with E-state index < -0.39 is 72.0 Å². The maximum Gasteiger partial charge on any atom is 0.517 e. The molecule has 0 bridgehead atoms. The lowest BCUT2D eigenvalue weighted by molar-refractivity contribution is -0.137. The van der Waals surface area contributed by atoms with Crippen molar-refractivity contribution in [3.05, 3.63) is 101 Å². The Kier molecular flexibility index (Phi) is 10.4. The van der Waals surface area contributed by atoms with E-state index in [1.165, 1.54) is 24.3 Å². The molecule has 0 saturated carbocycles. The van der Waals surface area contributed by atoms with Crippen molar-refractivity contribution in [1.29, 1.82) is 0 Å². The van der Waals surface area contributed by atoms with Crippen LogP contribution in [0.1, 0.15) is 11.8 Å². The van der Waals surface area contributed by atoms with Gasteiger partial charge in [-0.25, -0.2) is 23.5 Å². The fourth-order valence-electron chi connectivity index (χ4n) is 5.07. The number of phosphoric acid groups is 3. The van der Waals surface area contributed by atoms with Gasteiger partial charge in [-0.2, -0.15) is 21.8 Å². The summed E-state index contributed by atoms with van der Waals surface area (Å²) in [5, 5.41) is 22.6. The van der Waals surface area contributed by atoms with E-state index in [9.17, 15) is 56.6 Å². The molecule has 0 aliphatic carbocycles. The molecule has 0 amide bonds. The molecular formula is C28H25F3N3O15P3. The number of hydrogen-bond donors (Lipinski definition) is 5. The van der Waals surface area contributed by atoms with Gasteiger partial charge >= 0.3 is 35.3 Å². The number of imidazole rings is 1. The Labute approximate surface area is 288 Å². The first kappa shape index (κ1) is 38.0. The average molecular weight is 793 g/mol. The van der Waals surface area contributed by atoms with Crippen LogP contribution in [0.2, 0.25) is 0 Å². The topological polar surface area (TPSA) is 247 Å². The van der Waals surface area contributed by atoms with E-state index in [1.54, 1.807) is 30.3 Å². The normalized spacial score (nSPS) is 22.9. The number of aliphatic hydroxyl groups excluding tert-OH is 2. The highest BCUT2D eigenvalue weighted by Crippen LogP contribution is 2.67. The SMILES string of the molecule is O=c1n([C@@H]2O[C@H](COP(=O)(O)OP(=O)(O)OP(=O)(O)OOc3ccc4ccccc4c3)C(O)[C@@H]2O)ccc2nc(-c3cccc(C(F)(F)F)c3)cn12. The molecule has 278 valence electrons. The van der Waals surface area contributed by atoms with Crippen LogP contribution in [0.25, 0.3) is 27.7 Å². The van der Waals surface area contributed by atoms with E-state index in [1.807, 2.05) is 0 Å². The highest BCUT2D eigenvalue weighted by atomic mass is 31.3. The van der Waals surface area contributed by atoms with E-state index >= 15 is 0 Å². The number of phosphoric ester groups is 1. The molecule has 6 rings (SSSR count). The summed E-state index contributed by atoms with van der Waals surface area (Å²) in [6.07, 6.45) is -9.50. The Morgan fingerprint density at radius 2 is 1.56 bits per heavy atom. The standard InChI is InChI=1S/C28H25F3N3O15P3/c29-28(30,31)19-7-3-6-18(12-19)21-14-34-23(32-21)10-11-33(27(34)37)26-25(36)24(35)22(45-26)15-44-50(38,39)48-52(42,43)49-51(40,41)47-46-20-9-8-16-4-1-2-5-17(16)13-20/h1-14,22,24-26,35-36H,15H2,(H,38,39)(H,40,41)(H,42,43)/t22-,24?,25+,26-/m1/s1. The number of benzene rings is 3. The van der Waals surface area contributed by atoms with Crippen LogP contribution in [0.5, 0.6) is 5.75 Å². The van der Waals surface area contributed by atoms with Crippen molar-refractivity contribution in [2.75, 3.05) is 6.61 Å². The second-order valence-corrected chi connectivity index (χ2v) is 15.5. The second-order valence-electron chi connectivity index (χ2n) is 11.0. The van der Waals surface area contributed by atoms with E-state index in [0.717, 1.165) is 44.9 Å². The van der Waals surface area contributed by atoms with Gasteiger partial charge in [0.1, 0.15) is 24.0 Å². The van der Waals surface area contributed by atoms with Gasteiger partial charge in [-0.05, 0) is 41.1 Å². The molecule has 1 fully saturated rings. The van der Waals surface area contributed by atoms with Crippen molar-refractivity contribution < 1.29 is 79.2 Å². The second kappa shape index (κ2) is 14.2. The van der Waals surface area contributed by atoms with Gasteiger partial charge in [0.05, 0.1) is 17.9 Å². The molecule has 18 nitrogen and oxygen atoms in total. The monoisotopic (exact) mass is 793 g/mol. The highest BCUT2D eigenvalue weighted by molar-refractivity contribution is 7.66. The molecular weight excluding hydrogens is 768 g/mol. The molecule has 3 heterocycles. The van der Waals surface area contributed by atoms with Crippen LogP contribution in [-0.2, 0) is 42.4 Å². The van der Waals surface area contributed by atoms with Gasteiger partial charge in [-0.15, -0.1) is 0 Å². The molecule has 5 aromatic rings. The average Bonchev–Trinajstić information content (AvgIpc) is 3.63. The first-order chi connectivity index (χ1) is 24.3. The predicted molar refractivity (Wildman–Crippen MR) is 169 cm³/mol. The zero-order valence-electron chi connectivity index (χ0n) is 25.7. The number of hydrogen-bond acceptors (Lipinski definition) is 13. The molecule has 0 spiro atoms. The quantitative estimate of drug-likeness (QED) is 0.0671. The molecule has 0 radical (unpaired) electrons. The molecule has 1 saturated heterocycles. The Balaban J connectivity index is 1.08. The molecule has 24 heteroatoms. The van der Waals surface area contributed by atoms with Gasteiger partial charge in [-0.1, -0.05) is 47.1 Å². The summed E-state index contributed by atoms with van der Waals surface area (Å²) >= 11 is 0. The van der Waals surface area contributed by atoms with Crippen molar-refractivity contribution >= 4 is 39.9 Å². The van der Waals surface area contributed by atoms with Crippen molar-refractivity contribution in [3.8, 4) is 17.0 Å². The van der Waals surface area contributed by atoms with E-state index in [0.29, 0.717) is 5.39 Å². The van der Waals surface area contributed by atoms with Crippen molar-refractivity contribution in [3.63, 3.8) is 0 Å². The summed E-state index contributed by atoms with van der Waals surface area (Å²) in [5.41, 5.74) is -1.80. The molecule has 2 aromatic heterocycles. The number of halogens is 3. The van der Waals surface area contributed by atoms with Crippen LogP contribution in [0, 0.1) is 0 Å². The van der Waals surface area contributed by atoms with Gasteiger partial charge in [0.2, 0.25) is 0 Å². The minimum absolute atomic E-state index is 0.00515. The summed E-state index contributed by atoms with van der Waals surface area (Å²) in [4.78, 5) is 51.8. The van der Waals surface area contributed by atoms with Gasteiger partial charge in [0, 0.05) is 18.0 Å². The van der Waals surface area contributed by atoms with Crippen LogP contribution in [0.3, 0.4) is 0 Å². The summed E-state index contributed by atoms with van der Waals surface area (Å²) < 4.78 is 101. The highest BCUT2D eigenvalue weighted by Gasteiger charge is 2.47. The summed E-state index contributed by atoms with van der Waals surface area (Å²) in [6.45, 7) is -1.12. The van der Waals surface area contributed by atoms with Crippen molar-refractivity contribution in [2.24, 2.45) is 0 Å². The number of nitrogens with zero attached hydrogens (tertiary/aromatic N) is 3. The number of aliphatic hydroxyl groups is 2. The number of aromatic nitrogens is 3. The molecule has 52 heavy (non-hydrogen) atoms. The van der Waals surface area contributed by atoms with E-state index in [4.69, 9.17) is 4.74 Å². The fraction of sp³-hybridized carbons (Fsp3) is 0.214. The lowest BCUT2D eigenvalue weighted by Crippen LogP contribution is -2.36. The van der Waals surface area contributed by atoms with Gasteiger partial charge in [0.15, 0.2) is 12.0 Å². The van der Waals surface area contributed by atoms with Gasteiger partial charge in [0.25, 0.3) is 0 Å². The van der Waals surface area contributed by atoms with Crippen molar-refractivity contribution in [1.82, 2.24) is 14.0 Å². The van der Waals surface area contributed by atoms with Gasteiger partial charge < -0.3 is 34.5 Å². The Morgan fingerprint density at radius 3 is 2.29 bits per heavy atom. The van der Waals surface area contributed by atoms with Crippen LogP contribution in [0.4, 0.5) is 13.2 Å². The maximum atomic E-state index is 13.3. The van der Waals surface area contributed by atoms with Crippen LogP contribution in [0.15, 0.2) is 90.0 Å². The predicted octanol–water partition coefficient (Wildman–Crippen LogP) is 4.32. The Bertz CT molecular complexity index is 2340. The summed E-state index contributed by atoms with van der Waals surface area (Å²) in [5.74, 6) is -0.121. The third kappa shape index (κ3) is 8.54. The maximum absolute atomic E-state index is 13.3. The number of alkyl halides is 3. The lowest BCUT2D eigenvalue weighted by atomic mass is 10.1. The zero-order chi connectivity index (χ0) is 37.6. The first-order valence-electron chi connectivity index (χ1n) is 14.5. The Morgan fingerprint density at radius 1 is 0.846 bits per heavy atom. The largest absolute Gasteiger partial charge is 0.517 e. The summed E-state index contributed by atoms with van der Waals surface area (Å²) in [6, 6.07) is 16.7. The van der Waals surface area contributed by atoms with Crippen LogP contribution < -0.4 is 10.6 Å². The summed E-state index contributed by atoms with van der Waals surface area (Å²) in [7, 11) is -17.2. The van der Waals surface area contributed by atoms with Gasteiger partial charge in [-0.3, -0.25) is 13.5 Å². The Hall–Kier alpha value is -3.78.